The van der Waals surface area contributed by atoms with Gasteiger partial charge in [-0.3, -0.25) is 9.36 Å². The number of allylic oxidation sites excluding steroid dienone is 8. The van der Waals surface area contributed by atoms with E-state index in [1.807, 2.05) is 28.1 Å². The predicted molar refractivity (Wildman–Crippen MR) is 185 cm³/mol. The molecule has 0 aromatic heterocycles. The van der Waals surface area contributed by atoms with E-state index in [0.29, 0.717) is 24.1 Å². The lowest BCUT2D eigenvalue weighted by molar-refractivity contribution is -0.870. The van der Waals surface area contributed by atoms with Gasteiger partial charge in [-0.2, -0.15) is 0 Å². The van der Waals surface area contributed by atoms with Crippen LogP contribution in [0, 0.1) is 0 Å². The first kappa shape index (κ1) is 43.5. The summed E-state index contributed by atoms with van der Waals surface area (Å²) in [7, 11) is 1.34. The van der Waals surface area contributed by atoms with E-state index in [0.717, 1.165) is 38.5 Å². The molecule has 8 nitrogen and oxygen atoms in total. The van der Waals surface area contributed by atoms with Gasteiger partial charge in [0, 0.05) is 13.0 Å². The van der Waals surface area contributed by atoms with Crippen LogP contribution < -0.4 is 4.89 Å². The highest BCUT2D eigenvalue weighted by Gasteiger charge is 2.20. The van der Waals surface area contributed by atoms with Crippen molar-refractivity contribution in [3.63, 3.8) is 0 Å². The van der Waals surface area contributed by atoms with Crippen LogP contribution in [0.3, 0.4) is 0 Å². The molecule has 0 fully saturated rings. The zero-order valence-corrected chi connectivity index (χ0v) is 30.2. The maximum Gasteiger partial charge on any atom is 0.306 e. The number of nitrogens with zero attached hydrogens (tertiary/aromatic N) is 1. The Morgan fingerprint density at radius 1 is 0.711 bits per heavy atom. The van der Waals surface area contributed by atoms with Gasteiger partial charge in [-0.25, -0.2) is 0 Å². The number of carbonyl (C=O) groups excluding carboxylic acids is 1. The Hall–Kier alpha value is -1.54. The van der Waals surface area contributed by atoms with Crippen LogP contribution in [0.2, 0.25) is 0 Å². The Labute approximate surface area is 276 Å². The van der Waals surface area contributed by atoms with Crippen LogP contribution in [0.25, 0.3) is 0 Å². The first-order chi connectivity index (χ1) is 21.6. The van der Waals surface area contributed by atoms with Gasteiger partial charge in [0.25, 0.3) is 7.82 Å². The average Bonchev–Trinajstić information content (AvgIpc) is 2.97. The number of rotatable bonds is 31. The molecule has 0 aliphatic heterocycles. The van der Waals surface area contributed by atoms with Gasteiger partial charge in [0.05, 0.1) is 34.4 Å². The smallest absolute Gasteiger partial charge is 0.306 e. The third-order valence-electron chi connectivity index (χ3n) is 6.86. The minimum absolute atomic E-state index is 0.0216. The molecule has 0 aromatic carbocycles. The average molecular weight is 656 g/mol. The topological polar surface area (TPSA) is 94.1 Å². The Morgan fingerprint density at radius 3 is 1.80 bits per heavy atom. The lowest BCUT2D eigenvalue weighted by Crippen LogP contribution is -2.37. The van der Waals surface area contributed by atoms with Crippen molar-refractivity contribution in [2.24, 2.45) is 0 Å². The molecule has 0 spiro atoms. The van der Waals surface area contributed by atoms with E-state index in [1.54, 1.807) is 0 Å². The molecular weight excluding hydrogens is 589 g/mol. The SMILES string of the molecule is CC/C=C\C/C=C\C/C=C\C/C=C\CCCCCCCCCCCOCC(COP(=O)([O-])OCC[N+](C)(C)C)OC(=O)CCC. The number of quaternary nitrogens is 1. The fraction of sp³-hybridized carbons (Fsp3) is 0.750. The third-order valence-corrected chi connectivity index (χ3v) is 7.83. The maximum atomic E-state index is 12.1. The number of phosphoric acid groups is 1. The second-order valence-corrected chi connectivity index (χ2v) is 13.9. The molecule has 45 heavy (non-hydrogen) atoms. The normalized spacial score (nSPS) is 14.7. The van der Waals surface area contributed by atoms with Crippen LogP contribution in [-0.4, -0.2) is 70.7 Å². The largest absolute Gasteiger partial charge is 0.756 e. The highest BCUT2D eigenvalue weighted by molar-refractivity contribution is 7.45. The lowest BCUT2D eigenvalue weighted by Gasteiger charge is -2.28. The van der Waals surface area contributed by atoms with E-state index in [9.17, 15) is 14.3 Å². The van der Waals surface area contributed by atoms with Crippen LogP contribution in [0.1, 0.15) is 117 Å². The molecule has 0 aliphatic rings. The monoisotopic (exact) mass is 655 g/mol. The number of likely N-dealkylation sites (N-methyl/N-ethyl adjacent to an activating group) is 1. The molecule has 0 radical (unpaired) electrons. The Morgan fingerprint density at radius 2 is 1.24 bits per heavy atom. The molecule has 0 rings (SSSR count). The molecule has 0 N–H and O–H groups in total. The van der Waals surface area contributed by atoms with Crippen LogP contribution >= 0.6 is 7.82 Å². The maximum absolute atomic E-state index is 12.1. The molecule has 0 bridgehead atoms. The van der Waals surface area contributed by atoms with Crippen molar-refractivity contribution in [2.75, 3.05) is 54.1 Å². The van der Waals surface area contributed by atoms with Gasteiger partial charge in [0.1, 0.15) is 19.3 Å². The van der Waals surface area contributed by atoms with E-state index in [-0.39, 0.29) is 26.2 Å². The van der Waals surface area contributed by atoms with Gasteiger partial charge >= 0.3 is 5.97 Å². The van der Waals surface area contributed by atoms with E-state index >= 15 is 0 Å². The van der Waals surface area contributed by atoms with Crippen LogP contribution in [0.4, 0.5) is 0 Å². The van der Waals surface area contributed by atoms with Gasteiger partial charge in [0.15, 0.2) is 0 Å². The van der Waals surface area contributed by atoms with E-state index in [4.69, 9.17) is 18.5 Å². The van der Waals surface area contributed by atoms with Gasteiger partial charge in [-0.15, -0.1) is 0 Å². The molecule has 0 aromatic rings. The van der Waals surface area contributed by atoms with Crippen molar-refractivity contribution in [1.82, 2.24) is 0 Å². The summed E-state index contributed by atoms with van der Waals surface area (Å²) in [6, 6.07) is 0. The third kappa shape index (κ3) is 33.6. The van der Waals surface area contributed by atoms with Crippen molar-refractivity contribution < 1.29 is 37.3 Å². The molecular formula is C36H66NO7P. The van der Waals surface area contributed by atoms with E-state index < -0.39 is 19.9 Å². The molecule has 9 heteroatoms. The minimum atomic E-state index is -4.49. The standard InChI is InChI=1S/C36H66NO7P/c1-6-8-9-10-11-12-13-14-15-16-17-18-19-20-21-22-23-24-25-26-27-28-31-41-33-35(44-36(38)29-7-2)34-43-45(39,40)42-32-30-37(3,4)5/h8-9,11-12,14-15,17-18,35H,6-7,10,13,16,19-34H2,1-5H3/b9-8-,12-11-,15-14-,18-17-. The first-order valence-electron chi connectivity index (χ1n) is 17.4. The molecule has 0 aliphatic carbocycles. The van der Waals surface area contributed by atoms with Gasteiger partial charge in [0.2, 0.25) is 0 Å². The summed E-state index contributed by atoms with van der Waals surface area (Å²) in [6.07, 6.45) is 34.2. The van der Waals surface area contributed by atoms with E-state index in [1.165, 1.54) is 51.4 Å². The Kier molecular flexibility index (Phi) is 28.8. The van der Waals surface area contributed by atoms with Crippen molar-refractivity contribution in [3.05, 3.63) is 48.6 Å². The Bertz CT molecular complexity index is 864. The van der Waals surface area contributed by atoms with Crippen molar-refractivity contribution in [1.29, 1.82) is 0 Å². The van der Waals surface area contributed by atoms with Crippen molar-refractivity contribution in [2.45, 2.75) is 123 Å². The summed E-state index contributed by atoms with van der Waals surface area (Å²) >= 11 is 0. The number of esters is 1. The molecule has 0 amide bonds. The lowest BCUT2D eigenvalue weighted by atomic mass is 10.1. The van der Waals surface area contributed by atoms with Gasteiger partial charge in [-0.1, -0.05) is 107 Å². The van der Waals surface area contributed by atoms with Crippen LogP contribution in [0.15, 0.2) is 48.6 Å². The molecule has 262 valence electrons. The summed E-state index contributed by atoms with van der Waals surface area (Å²) in [5, 5.41) is 0. The second-order valence-electron chi connectivity index (χ2n) is 12.5. The van der Waals surface area contributed by atoms with Crippen molar-refractivity contribution in [3.8, 4) is 0 Å². The summed E-state index contributed by atoms with van der Waals surface area (Å²) in [5.74, 6) is -0.392. The number of hydrogen-bond donors (Lipinski definition) is 0. The molecule has 0 saturated heterocycles. The fourth-order valence-corrected chi connectivity index (χ4v) is 4.95. The Balaban J connectivity index is 3.85. The highest BCUT2D eigenvalue weighted by atomic mass is 31.2. The first-order valence-corrected chi connectivity index (χ1v) is 18.8. The molecule has 0 heterocycles. The van der Waals surface area contributed by atoms with Gasteiger partial charge in [-0.05, 0) is 51.4 Å². The summed E-state index contributed by atoms with van der Waals surface area (Å²) < 4.78 is 33.7. The number of carbonyl (C=O) groups is 1. The predicted octanol–water partition coefficient (Wildman–Crippen LogP) is 8.63. The number of unbranched alkanes of at least 4 members (excludes halogenated alkanes) is 9. The second kappa shape index (κ2) is 29.8. The summed E-state index contributed by atoms with van der Waals surface area (Å²) in [5.41, 5.74) is 0. The number of ether oxygens (including phenoxy) is 2. The molecule has 2 unspecified atom stereocenters. The molecule has 2 atom stereocenters. The van der Waals surface area contributed by atoms with Crippen LogP contribution in [-0.2, 0) is 27.9 Å². The van der Waals surface area contributed by atoms with E-state index in [2.05, 4.69) is 55.5 Å². The summed E-state index contributed by atoms with van der Waals surface area (Å²) in [4.78, 5) is 24.1. The number of hydrogen-bond acceptors (Lipinski definition) is 7. The van der Waals surface area contributed by atoms with Gasteiger partial charge < -0.3 is 27.9 Å². The summed E-state index contributed by atoms with van der Waals surface area (Å²) in [6.45, 7) is 4.89. The minimum Gasteiger partial charge on any atom is -0.756 e. The van der Waals surface area contributed by atoms with Crippen molar-refractivity contribution >= 4 is 13.8 Å². The zero-order chi connectivity index (χ0) is 33.5. The zero-order valence-electron chi connectivity index (χ0n) is 29.3. The molecule has 0 saturated carbocycles. The highest BCUT2D eigenvalue weighted by Crippen LogP contribution is 2.38. The fourth-order valence-electron chi connectivity index (χ4n) is 4.22. The number of phosphoric ester groups is 1. The van der Waals surface area contributed by atoms with Crippen LogP contribution in [0.5, 0.6) is 0 Å². The quantitative estimate of drug-likeness (QED) is 0.0243.